The Kier molecular flexibility index (Phi) is 9.67. The maximum Gasteiger partial charge on any atom is 0.191 e. The number of hydrogen-bond acceptors (Lipinski definition) is 5. The summed E-state index contributed by atoms with van der Waals surface area (Å²) in [5.41, 5.74) is 0.466. The number of hydrogen-bond donors (Lipinski definition) is 3. The summed E-state index contributed by atoms with van der Waals surface area (Å²) in [7, 11) is 2.16. The van der Waals surface area contributed by atoms with E-state index in [2.05, 4.69) is 59.3 Å². The maximum atomic E-state index is 10.9. The van der Waals surface area contributed by atoms with Gasteiger partial charge in [-0.15, -0.1) is 0 Å². The number of rotatable bonds is 10. The van der Waals surface area contributed by atoms with E-state index in [9.17, 15) is 5.11 Å². The van der Waals surface area contributed by atoms with Crippen LogP contribution in [0, 0.1) is 0 Å². The number of aliphatic imine (C=N–C) groups is 1. The van der Waals surface area contributed by atoms with E-state index in [-0.39, 0.29) is 0 Å². The molecule has 1 aromatic heterocycles. The molecule has 0 atom stereocenters. The van der Waals surface area contributed by atoms with Crippen molar-refractivity contribution in [3.63, 3.8) is 0 Å². The second-order valence-corrected chi connectivity index (χ2v) is 8.09. The van der Waals surface area contributed by atoms with Gasteiger partial charge in [0.05, 0.1) is 12.1 Å². The van der Waals surface area contributed by atoms with E-state index in [1.807, 2.05) is 12.3 Å². The van der Waals surface area contributed by atoms with E-state index in [1.165, 1.54) is 0 Å². The average Bonchev–Trinajstić information content (AvgIpc) is 2.71. The third kappa shape index (κ3) is 7.82. The number of aliphatic hydroxyl groups is 1. The van der Waals surface area contributed by atoms with E-state index in [0.717, 1.165) is 75.7 Å². The molecular formula is C22H40N6O. The maximum absolute atomic E-state index is 10.9. The van der Waals surface area contributed by atoms with Crippen molar-refractivity contribution < 1.29 is 5.11 Å². The summed E-state index contributed by atoms with van der Waals surface area (Å²) in [6.07, 6.45) is 5.41. The summed E-state index contributed by atoms with van der Waals surface area (Å²) in [5.74, 6) is 1.78. The summed E-state index contributed by atoms with van der Waals surface area (Å²) in [6, 6.07) is 4.17. The van der Waals surface area contributed by atoms with Crippen molar-refractivity contribution in [3.05, 3.63) is 23.9 Å². The van der Waals surface area contributed by atoms with Gasteiger partial charge in [-0.25, -0.2) is 9.98 Å². The number of likely N-dealkylation sites (N-methyl/N-ethyl adjacent to an activating group) is 1. The zero-order valence-corrected chi connectivity index (χ0v) is 18.7. The van der Waals surface area contributed by atoms with Crippen molar-refractivity contribution in [2.45, 2.75) is 58.6 Å². The van der Waals surface area contributed by atoms with Crippen molar-refractivity contribution in [3.8, 4) is 0 Å². The lowest BCUT2D eigenvalue weighted by atomic mass is 9.93. The molecule has 29 heavy (non-hydrogen) atoms. The van der Waals surface area contributed by atoms with E-state index in [1.54, 1.807) is 0 Å². The molecule has 0 aliphatic carbocycles. The Morgan fingerprint density at radius 3 is 2.45 bits per heavy atom. The Morgan fingerprint density at radius 1 is 1.14 bits per heavy atom. The van der Waals surface area contributed by atoms with Crippen LogP contribution < -0.4 is 15.5 Å². The molecule has 2 rings (SSSR count). The number of nitrogens with zero attached hydrogens (tertiary/aromatic N) is 4. The van der Waals surface area contributed by atoms with Crippen LogP contribution in [0.15, 0.2) is 23.3 Å². The van der Waals surface area contributed by atoms with Crippen molar-refractivity contribution in [1.82, 2.24) is 20.5 Å². The molecule has 0 unspecified atom stereocenters. The lowest BCUT2D eigenvalue weighted by Gasteiger charge is -2.33. The van der Waals surface area contributed by atoms with Gasteiger partial charge in [-0.1, -0.05) is 26.7 Å². The molecule has 7 nitrogen and oxygen atoms in total. The minimum Gasteiger partial charge on any atom is -0.388 e. The summed E-state index contributed by atoms with van der Waals surface area (Å²) in [6.45, 7) is 12.3. The van der Waals surface area contributed by atoms with E-state index in [4.69, 9.17) is 4.99 Å². The highest BCUT2D eigenvalue weighted by Gasteiger charge is 2.25. The minimum atomic E-state index is -0.676. The number of pyridine rings is 1. The summed E-state index contributed by atoms with van der Waals surface area (Å²) in [4.78, 5) is 14.0. The molecule has 0 amide bonds. The first kappa shape index (κ1) is 23.4. The Morgan fingerprint density at radius 2 is 1.83 bits per heavy atom. The summed E-state index contributed by atoms with van der Waals surface area (Å²) >= 11 is 0. The van der Waals surface area contributed by atoms with Crippen LogP contribution in [0.4, 0.5) is 5.82 Å². The van der Waals surface area contributed by atoms with Gasteiger partial charge in [0.15, 0.2) is 5.96 Å². The fourth-order valence-electron chi connectivity index (χ4n) is 3.76. The van der Waals surface area contributed by atoms with Gasteiger partial charge in [-0.05, 0) is 44.5 Å². The predicted molar refractivity (Wildman–Crippen MR) is 122 cm³/mol. The Hall–Kier alpha value is -1.86. The molecule has 1 saturated heterocycles. The van der Waals surface area contributed by atoms with Crippen LogP contribution in [0.2, 0.25) is 0 Å². The third-order valence-electron chi connectivity index (χ3n) is 5.42. The van der Waals surface area contributed by atoms with Crippen LogP contribution in [0.1, 0.15) is 52.0 Å². The van der Waals surface area contributed by atoms with Crippen LogP contribution >= 0.6 is 0 Å². The number of anilines is 1. The first-order valence-corrected chi connectivity index (χ1v) is 11.1. The number of piperazine rings is 1. The second-order valence-electron chi connectivity index (χ2n) is 8.09. The van der Waals surface area contributed by atoms with Gasteiger partial charge in [0.25, 0.3) is 0 Å². The van der Waals surface area contributed by atoms with Crippen LogP contribution in [0.25, 0.3) is 0 Å². The molecule has 0 radical (unpaired) electrons. The van der Waals surface area contributed by atoms with E-state index >= 15 is 0 Å². The summed E-state index contributed by atoms with van der Waals surface area (Å²) in [5, 5.41) is 17.5. The highest BCUT2D eigenvalue weighted by atomic mass is 16.3. The first-order valence-electron chi connectivity index (χ1n) is 11.1. The molecule has 164 valence electrons. The van der Waals surface area contributed by atoms with Gasteiger partial charge < -0.3 is 25.5 Å². The number of nitrogens with one attached hydrogen (secondary N) is 2. The van der Waals surface area contributed by atoms with Gasteiger partial charge in [0.2, 0.25) is 0 Å². The Bertz CT molecular complexity index is 621. The quantitative estimate of drug-likeness (QED) is 0.410. The van der Waals surface area contributed by atoms with Gasteiger partial charge >= 0.3 is 0 Å². The van der Waals surface area contributed by atoms with Crippen LogP contribution in [0.5, 0.6) is 0 Å². The topological polar surface area (TPSA) is 76.0 Å². The lowest BCUT2D eigenvalue weighted by molar-refractivity contribution is 0.0257. The molecule has 1 aliphatic rings. The Labute approximate surface area is 176 Å². The Balaban J connectivity index is 1.99. The van der Waals surface area contributed by atoms with Gasteiger partial charge in [0.1, 0.15) is 5.82 Å². The van der Waals surface area contributed by atoms with E-state index in [0.29, 0.717) is 13.1 Å². The first-order chi connectivity index (χ1) is 14.0. The number of aromatic nitrogens is 1. The SMILES string of the molecule is CCCC(O)(CCC)CNC(=NCc1ccnc(N2CCN(C)CC2)c1)NCC. The lowest BCUT2D eigenvalue weighted by Crippen LogP contribution is -2.47. The van der Waals surface area contributed by atoms with Crippen molar-refractivity contribution >= 4 is 11.8 Å². The molecule has 0 bridgehead atoms. The smallest absolute Gasteiger partial charge is 0.191 e. The second kappa shape index (κ2) is 12.0. The van der Waals surface area contributed by atoms with Crippen LogP contribution in [-0.2, 0) is 6.54 Å². The molecule has 1 fully saturated rings. The van der Waals surface area contributed by atoms with Gasteiger partial charge in [0, 0.05) is 45.5 Å². The van der Waals surface area contributed by atoms with Gasteiger partial charge in [-0.2, -0.15) is 0 Å². The minimum absolute atomic E-state index is 0.517. The predicted octanol–water partition coefficient (Wildman–Crippen LogP) is 2.22. The zero-order chi connectivity index (χ0) is 21.1. The highest BCUT2D eigenvalue weighted by Crippen LogP contribution is 2.18. The van der Waals surface area contributed by atoms with Gasteiger partial charge in [-0.3, -0.25) is 0 Å². The standard InChI is InChI=1S/C22H40N6O/c1-5-9-22(29,10-6-2)18-26-21(23-7-3)25-17-19-8-11-24-20(16-19)28-14-12-27(4)13-15-28/h8,11,16,29H,5-7,9-10,12-15,17-18H2,1-4H3,(H2,23,25,26). The zero-order valence-electron chi connectivity index (χ0n) is 18.7. The fraction of sp³-hybridized carbons (Fsp3) is 0.727. The molecule has 7 heteroatoms. The molecule has 0 aromatic carbocycles. The average molecular weight is 405 g/mol. The van der Waals surface area contributed by atoms with E-state index < -0.39 is 5.60 Å². The highest BCUT2D eigenvalue weighted by molar-refractivity contribution is 5.79. The summed E-state index contributed by atoms with van der Waals surface area (Å²) < 4.78 is 0. The van der Waals surface area contributed by atoms with Crippen molar-refractivity contribution in [2.75, 3.05) is 51.2 Å². The monoisotopic (exact) mass is 404 g/mol. The molecule has 1 aromatic rings. The van der Waals surface area contributed by atoms with Crippen LogP contribution in [0.3, 0.4) is 0 Å². The molecular weight excluding hydrogens is 364 g/mol. The molecule has 2 heterocycles. The third-order valence-corrected chi connectivity index (χ3v) is 5.42. The van der Waals surface area contributed by atoms with Crippen molar-refractivity contribution in [2.24, 2.45) is 4.99 Å². The normalized spacial score (nSPS) is 16.2. The number of guanidine groups is 1. The van der Waals surface area contributed by atoms with Crippen molar-refractivity contribution in [1.29, 1.82) is 0 Å². The molecule has 3 N–H and O–H groups in total. The molecule has 0 spiro atoms. The molecule has 0 saturated carbocycles. The largest absolute Gasteiger partial charge is 0.388 e. The van der Waals surface area contributed by atoms with Crippen LogP contribution in [-0.4, -0.2) is 72.9 Å². The molecule has 1 aliphatic heterocycles. The fourth-order valence-corrected chi connectivity index (χ4v) is 3.76.